The molecule has 0 radical (unpaired) electrons. The standard InChI is InChI=1S/C21H17N5O3S/c1-13-10-14(24-29-13)12-30-21-23-22-20-25(15-6-5-7-16(11-15)28-2)19(27)17-8-3-4-9-18(17)26(20)21/h3-11H,12H2,1-2H3. The molecular weight excluding hydrogens is 402 g/mol. The maximum absolute atomic E-state index is 13.3. The molecule has 0 aliphatic carbocycles. The van der Waals surface area contributed by atoms with Gasteiger partial charge in [-0.3, -0.25) is 9.20 Å². The Balaban J connectivity index is 1.73. The van der Waals surface area contributed by atoms with Crippen LogP contribution < -0.4 is 10.3 Å². The summed E-state index contributed by atoms with van der Waals surface area (Å²) in [5.74, 6) is 2.42. The molecular formula is C21H17N5O3S. The van der Waals surface area contributed by atoms with E-state index < -0.39 is 0 Å². The second-order valence-electron chi connectivity index (χ2n) is 6.69. The Hall–Kier alpha value is -3.59. The monoisotopic (exact) mass is 419 g/mol. The van der Waals surface area contributed by atoms with Gasteiger partial charge in [-0.15, -0.1) is 10.2 Å². The van der Waals surface area contributed by atoms with Gasteiger partial charge in [0.1, 0.15) is 11.5 Å². The number of aryl methyl sites for hydroxylation is 1. The van der Waals surface area contributed by atoms with E-state index in [4.69, 9.17) is 9.26 Å². The first-order valence-electron chi connectivity index (χ1n) is 9.24. The van der Waals surface area contributed by atoms with Crippen molar-refractivity contribution in [1.29, 1.82) is 0 Å². The number of thioether (sulfide) groups is 1. The van der Waals surface area contributed by atoms with Crippen molar-refractivity contribution in [3.8, 4) is 11.4 Å². The summed E-state index contributed by atoms with van der Waals surface area (Å²) in [7, 11) is 1.59. The summed E-state index contributed by atoms with van der Waals surface area (Å²) in [6.45, 7) is 1.86. The third kappa shape index (κ3) is 3.03. The maximum Gasteiger partial charge on any atom is 0.267 e. The van der Waals surface area contributed by atoms with E-state index in [2.05, 4.69) is 15.4 Å². The lowest BCUT2D eigenvalue weighted by Crippen LogP contribution is -2.21. The molecule has 9 heteroatoms. The van der Waals surface area contributed by atoms with E-state index >= 15 is 0 Å². The zero-order valence-corrected chi connectivity index (χ0v) is 17.1. The van der Waals surface area contributed by atoms with Gasteiger partial charge < -0.3 is 9.26 Å². The number of para-hydroxylation sites is 1. The number of aromatic nitrogens is 5. The van der Waals surface area contributed by atoms with E-state index in [0.29, 0.717) is 33.5 Å². The molecule has 0 amide bonds. The molecule has 0 N–H and O–H groups in total. The fraction of sp³-hybridized carbons (Fsp3) is 0.143. The molecule has 0 saturated carbocycles. The van der Waals surface area contributed by atoms with Crippen LogP contribution in [0.5, 0.6) is 5.75 Å². The molecule has 8 nitrogen and oxygen atoms in total. The Kier molecular flexibility index (Phi) is 4.51. The van der Waals surface area contributed by atoms with Gasteiger partial charge in [-0.05, 0) is 31.2 Å². The molecule has 0 saturated heterocycles. The first-order chi connectivity index (χ1) is 14.7. The second kappa shape index (κ2) is 7.34. The van der Waals surface area contributed by atoms with Crippen molar-refractivity contribution in [2.24, 2.45) is 0 Å². The average Bonchev–Trinajstić information content (AvgIpc) is 3.38. The normalized spacial score (nSPS) is 11.4. The van der Waals surface area contributed by atoms with Gasteiger partial charge in [0.15, 0.2) is 5.16 Å². The fourth-order valence-corrected chi connectivity index (χ4v) is 4.20. The first kappa shape index (κ1) is 18.4. The third-order valence-electron chi connectivity index (χ3n) is 4.73. The van der Waals surface area contributed by atoms with E-state index in [1.165, 1.54) is 11.8 Å². The lowest BCUT2D eigenvalue weighted by atomic mass is 10.2. The molecule has 0 atom stereocenters. The number of hydrogen-bond acceptors (Lipinski definition) is 7. The summed E-state index contributed by atoms with van der Waals surface area (Å²) >= 11 is 1.48. The highest BCUT2D eigenvalue weighted by Gasteiger charge is 2.18. The number of methoxy groups -OCH3 is 1. The van der Waals surface area contributed by atoms with Crippen molar-refractivity contribution in [1.82, 2.24) is 24.3 Å². The Labute approximate surface area is 175 Å². The molecule has 0 unspecified atom stereocenters. The van der Waals surface area contributed by atoms with Crippen LogP contribution in [-0.4, -0.2) is 31.4 Å². The van der Waals surface area contributed by atoms with Crippen LogP contribution in [0.15, 0.2) is 69.1 Å². The SMILES string of the molecule is COc1cccc(-n2c(=O)c3ccccc3n3c(SCc4cc(C)on4)nnc23)c1. The molecule has 150 valence electrons. The summed E-state index contributed by atoms with van der Waals surface area (Å²) in [6, 6.07) is 16.7. The third-order valence-corrected chi connectivity index (χ3v) is 5.69. The number of rotatable bonds is 5. The minimum absolute atomic E-state index is 0.164. The summed E-state index contributed by atoms with van der Waals surface area (Å²) in [4.78, 5) is 13.3. The quantitative estimate of drug-likeness (QED) is 0.402. The molecule has 0 aliphatic heterocycles. The summed E-state index contributed by atoms with van der Waals surface area (Å²) in [5, 5.41) is 14.0. The van der Waals surface area contributed by atoms with Crippen molar-refractivity contribution in [3.63, 3.8) is 0 Å². The molecule has 5 aromatic rings. The zero-order valence-electron chi connectivity index (χ0n) is 16.3. The topological polar surface area (TPSA) is 87.5 Å². The maximum atomic E-state index is 13.3. The molecule has 5 rings (SSSR count). The molecule has 3 heterocycles. The minimum Gasteiger partial charge on any atom is -0.497 e. The van der Waals surface area contributed by atoms with Crippen LogP contribution in [0.4, 0.5) is 0 Å². The Morgan fingerprint density at radius 1 is 1.10 bits per heavy atom. The first-order valence-corrected chi connectivity index (χ1v) is 10.2. The number of benzene rings is 2. The van der Waals surface area contributed by atoms with Crippen molar-refractivity contribution in [2.75, 3.05) is 7.11 Å². The number of fused-ring (bicyclic) bond motifs is 3. The van der Waals surface area contributed by atoms with Gasteiger partial charge in [0, 0.05) is 17.9 Å². The summed E-state index contributed by atoms with van der Waals surface area (Å²) in [6.07, 6.45) is 0. The van der Waals surface area contributed by atoms with Gasteiger partial charge in [-0.1, -0.05) is 35.1 Å². The molecule has 2 aromatic carbocycles. The lowest BCUT2D eigenvalue weighted by molar-refractivity contribution is 0.393. The van der Waals surface area contributed by atoms with Crippen LogP contribution in [0, 0.1) is 6.92 Å². The van der Waals surface area contributed by atoms with Gasteiger partial charge in [0.2, 0.25) is 5.78 Å². The Morgan fingerprint density at radius 3 is 2.77 bits per heavy atom. The van der Waals surface area contributed by atoms with Crippen LogP contribution in [-0.2, 0) is 5.75 Å². The number of nitrogens with zero attached hydrogens (tertiary/aromatic N) is 5. The van der Waals surface area contributed by atoms with E-state index in [1.54, 1.807) is 17.7 Å². The van der Waals surface area contributed by atoms with E-state index in [9.17, 15) is 4.79 Å². The highest BCUT2D eigenvalue weighted by molar-refractivity contribution is 7.98. The lowest BCUT2D eigenvalue weighted by Gasteiger charge is -2.12. The Morgan fingerprint density at radius 2 is 1.97 bits per heavy atom. The predicted molar refractivity (Wildman–Crippen MR) is 113 cm³/mol. The molecule has 0 spiro atoms. The predicted octanol–water partition coefficient (Wildman–Crippen LogP) is 3.63. The van der Waals surface area contributed by atoms with Gasteiger partial charge in [-0.25, -0.2) is 4.57 Å². The molecule has 0 aliphatic rings. The second-order valence-corrected chi connectivity index (χ2v) is 7.64. The van der Waals surface area contributed by atoms with E-state index in [0.717, 1.165) is 17.0 Å². The number of hydrogen-bond donors (Lipinski definition) is 0. The Bertz CT molecular complexity index is 1440. The van der Waals surface area contributed by atoms with Crippen LogP contribution in [0.1, 0.15) is 11.5 Å². The van der Waals surface area contributed by atoms with Gasteiger partial charge in [-0.2, -0.15) is 0 Å². The van der Waals surface area contributed by atoms with Crippen LogP contribution in [0.25, 0.3) is 22.4 Å². The van der Waals surface area contributed by atoms with Gasteiger partial charge >= 0.3 is 0 Å². The fourth-order valence-electron chi connectivity index (χ4n) is 3.38. The van der Waals surface area contributed by atoms with Crippen molar-refractivity contribution >= 4 is 28.4 Å². The molecule has 0 fully saturated rings. The zero-order chi connectivity index (χ0) is 20.7. The largest absolute Gasteiger partial charge is 0.497 e. The summed E-state index contributed by atoms with van der Waals surface area (Å²) in [5.41, 5.74) is 2.06. The van der Waals surface area contributed by atoms with Gasteiger partial charge in [0.05, 0.1) is 29.4 Å². The summed E-state index contributed by atoms with van der Waals surface area (Å²) < 4.78 is 13.9. The van der Waals surface area contributed by atoms with E-state index in [-0.39, 0.29) is 5.56 Å². The van der Waals surface area contributed by atoms with Crippen molar-refractivity contribution in [2.45, 2.75) is 17.8 Å². The van der Waals surface area contributed by atoms with Crippen molar-refractivity contribution < 1.29 is 9.26 Å². The van der Waals surface area contributed by atoms with Crippen LogP contribution in [0.2, 0.25) is 0 Å². The highest BCUT2D eigenvalue weighted by Crippen LogP contribution is 2.26. The van der Waals surface area contributed by atoms with Crippen molar-refractivity contribution in [3.05, 3.63) is 76.4 Å². The molecule has 30 heavy (non-hydrogen) atoms. The number of ether oxygens (including phenoxy) is 1. The van der Waals surface area contributed by atoms with Crippen LogP contribution >= 0.6 is 11.8 Å². The highest BCUT2D eigenvalue weighted by atomic mass is 32.2. The smallest absolute Gasteiger partial charge is 0.267 e. The van der Waals surface area contributed by atoms with Crippen LogP contribution in [0.3, 0.4) is 0 Å². The molecule has 3 aromatic heterocycles. The molecule has 0 bridgehead atoms. The van der Waals surface area contributed by atoms with Gasteiger partial charge in [0.25, 0.3) is 5.56 Å². The minimum atomic E-state index is -0.164. The average molecular weight is 419 g/mol. The van der Waals surface area contributed by atoms with E-state index in [1.807, 2.05) is 59.9 Å².